The number of carbonyl (C=O) groups excluding carboxylic acids is 2. The van der Waals surface area contributed by atoms with Crippen molar-refractivity contribution >= 4 is 11.9 Å². The highest BCUT2D eigenvalue weighted by Gasteiger charge is 2.18. The van der Waals surface area contributed by atoms with Crippen LogP contribution < -0.4 is 10.1 Å². The van der Waals surface area contributed by atoms with Gasteiger partial charge in [0.1, 0.15) is 5.75 Å². The molecule has 150 valence electrons. The summed E-state index contributed by atoms with van der Waals surface area (Å²) in [7, 11) is 1.60. The van der Waals surface area contributed by atoms with Crippen LogP contribution in [0.25, 0.3) is 0 Å². The van der Waals surface area contributed by atoms with Crippen LogP contribution in [0.15, 0.2) is 48.5 Å². The molecular formula is C22H27NO5. The zero-order chi connectivity index (χ0) is 20.5. The number of ether oxygens (including phenoxy) is 3. The maximum atomic E-state index is 12.2. The average Bonchev–Trinajstić information content (AvgIpc) is 2.71. The first-order chi connectivity index (χ1) is 13.4. The zero-order valence-corrected chi connectivity index (χ0v) is 16.7. The van der Waals surface area contributed by atoms with E-state index in [1.165, 1.54) is 0 Å². The molecule has 0 unspecified atom stereocenters. The summed E-state index contributed by atoms with van der Waals surface area (Å²) >= 11 is 0. The summed E-state index contributed by atoms with van der Waals surface area (Å²) in [6, 6.07) is 14.3. The van der Waals surface area contributed by atoms with Crippen LogP contribution in [0.3, 0.4) is 0 Å². The Morgan fingerprint density at radius 3 is 2.11 bits per heavy atom. The molecule has 28 heavy (non-hydrogen) atoms. The van der Waals surface area contributed by atoms with Crippen molar-refractivity contribution in [3.63, 3.8) is 0 Å². The fourth-order valence-electron chi connectivity index (χ4n) is 2.36. The van der Waals surface area contributed by atoms with Crippen molar-refractivity contribution in [2.24, 2.45) is 0 Å². The van der Waals surface area contributed by atoms with Gasteiger partial charge in [-0.25, -0.2) is 4.79 Å². The molecule has 0 aliphatic heterocycles. The quantitative estimate of drug-likeness (QED) is 0.669. The molecule has 6 heteroatoms. The van der Waals surface area contributed by atoms with Crippen LogP contribution in [-0.2, 0) is 27.4 Å². The molecule has 2 aromatic carbocycles. The van der Waals surface area contributed by atoms with Crippen molar-refractivity contribution in [2.45, 2.75) is 46.1 Å². The molecule has 1 N–H and O–H groups in total. The Labute approximate surface area is 165 Å². The maximum absolute atomic E-state index is 12.2. The van der Waals surface area contributed by atoms with E-state index in [2.05, 4.69) is 5.32 Å². The minimum absolute atomic E-state index is 0.141. The fraction of sp³-hybridized carbons (Fsp3) is 0.364. The summed E-state index contributed by atoms with van der Waals surface area (Å²) in [5, 5.41) is 2.76. The summed E-state index contributed by atoms with van der Waals surface area (Å²) in [6.45, 7) is 6.30. The number of nitrogens with one attached hydrogen (secondary N) is 1. The number of amides is 1. The smallest absolute Gasteiger partial charge is 0.338 e. The Balaban J connectivity index is 1.82. The molecule has 0 aliphatic carbocycles. The Kier molecular flexibility index (Phi) is 8.02. The van der Waals surface area contributed by atoms with Crippen molar-refractivity contribution in [1.29, 1.82) is 0 Å². The number of esters is 1. The van der Waals surface area contributed by atoms with E-state index < -0.39 is 12.1 Å². The van der Waals surface area contributed by atoms with E-state index in [-0.39, 0.29) is 12.0 Å². The highest BCUT2D eigenvalue weighted by Crippen LogP contribution is 2.12. The number of hydrogen-bond donors (Lipinski definition) is 1. The van der Waals surface area contributed by atoms with Gasteiger partial charge in [0.2, 0.25) is 0 Å². The van der Waals surface area contributed by atoms with Gasteiger partial charge in [0, 0.05) is 6.54 Å². The maximum Gasteiger partial charge on any atom is 0.338 e. The molecule has 0 fully saturated rings. The van der Waals surface area contributed by atoms with Crippen LogP contribution in [0, 0.1) is 0 Å². The molecule has 0 radical (unpaired) electrons. The van der Waals surface area contributed by atoms with E-state index in [0.717, 1.165) is 16.9 Å². The largest absolute Gasteiger partial charge is 0.497 e. The van der Waals surface area contributed by atoms with Crippen LogP contribution >= 0.6 is 0 Å². The van der Waals surface area contributed by atoms with Crippen LogP contribution in [0.1, 0.15) is 42.3 Å². The Bertz CT molecular complexity index is 769. The van der Waals surface area contributed by atoms with Gasteiger partial charge >= 0.3 is 5.97 Å². The van der Waals surface area contributed by atoms with Crippen molar-refractivity contribution in [1.82, 2.24) is 5.32 Å². The van der Waals surface area contributed by atoms with Gasteiger partial charge in [-0.2, -0.15) is 0 Å². The van der Waals surface area contributed by atoms with Crippen LogP contribution in [0.4, 0.5) is 0 Å². The fourth-order valence-corrected chi connectivity index (χ4v) is 2.36. The number of methoxy groups -OCH3 is 1. The third-order valence-electron chi connectivity index (χ3n) is 4.05. The van der Waals surface area contributed by atoms with Gasteiger partial charge in [-0.1, -0.05) is 24.3 Å². The van der Waals surface area contributed by atoms with Gasteiger partial charge in [0.05, 0.1) is 25.4 Å². The van der Waals surface area contributed by atoms with E-state index in [4.69, 9.17) is 14.2 Å². The third-order valence-corrected chi connectivity index (χ3v) is 4.05. The van der Waals surface area contributed by atoms with Gasteiger partial charge in [-0.05, 0) is 56.2 Å². The third kappa shape index (κ3) is 6.70. The summed E-state index contributed by atoms with van der Waals surface area (Å²) in [5.74, 6) is -0.145. The molecule has 6 nitrogen and oxygen atoms in total. The Morgan fingerprint density at radius 2 is 1.54 bits per heavy atom. The number of rotatable bonds is 9. The molecule has 2 aromatic rings. The standard InChI is InChI=1S/C22H27NO5/c1-15(2)27-14-18-5-9-19(10-6-18)22(25)28-16(3)21(24)23-13-17-7-11-20(26-4)12-8-17/h5-12,15-16H,13-14H2,1-4H3,(H,23,24)/t16-/m0/s1. The van der Waals surface area contributed by atoms with Crippen molar-refractivity contribution in [3.8, 4) is 5.75 Å². The first-order valence-corrected chi connectivity index (χ1v) is 9.21. The van der Waals surface area contributed by atoms with Gasteiger partial charge < -0.3 is 19.5 Å². The predicted octanol–water partition coefficient (Wildman–Crippen LogP) is 3.48. The first-order valence-electron chi connectivity index (χ1n) is 9.21. The minimum Gasteiger partial charge on any atom is -0.497 e. The molecule has 0 aliphatic rings. The first kappa shape index (κ1) is 21.4. The van der Waals surface area contributed by atoms with E-state index in [0.29, 0.717) is 18.7 Å². The molecule has 1 atom stereocenters. The van der Waals surface area contributed by atoms with E-state index in [1.807, 2.05) is 50.2 Å². The van der Waals surface area contributed by atoms with Crippen molar-refractivity contribution < 1.29 is 23.8 Å². The lowest BCUT2D eigenvalue weighted by molar-refractivity contribution is -0.129. The van der Waals surface area contributed by atoms with Crippen molar-refractivity contribution in [3.05, 3.63) is 65.2 Å². The molecule has 0 bridgehead atoms. The zero-order valence-electron chi connectivity index (χ0n) is 16.7. The molecule has 0 heterocycles. The number of carbonyl (C=O) groups is 2. The normalized spacial score (nSPS) is 11.8. The van der Waals surface area contributed by atoms with Crippen LogP contribution in [0.5, 0.6) is 5.75 Å². The van der Waals surface area contributed by atoms with E-state index >= 15 is 0 Å². The molecule has 1 amide bonds. The Hall–Kier alpha value is -2.86. The average molecular weight is 385 g/mol. The summed E-state index contributed by atoms with van der Waals surface area (Å²) in [5.41, 5.74) is 2.28. The monoisotopic (exact) mass is 385 g/mol. The number of benzene rings is 2. The van der Waals surface area contributed by atoms with Gasteiger partial charge in [0.15, 0.2) is 6.10 Å². The Morgan fingerprint density at radius 1 is 0.929 bits per heavy atom. The minimum atomic E-state index is -0.894. The van der Waals surface area contributed by atoms with Gasteiger partial charge in [-0.15, -0.1) is 0 Å². The number of hydrogen-bond acceptors (Lipinski definition) is 5. The SMILES string of the molecule is COc1ccc(CNC(=O)[C@H](C)OC(=O)c2ccc(COC(C)C)cc2)cc1. The van der Waals surface area contributed by atoms with Crippen LogP contribution in [-0.4, -0.2) is 31.2 Å². The van der Waals surface area contributed by atoms with Gasteiger partial charge in [-0.3, -0.25) is 4.79 Å². The lowest BCUT2D eigenvalue weighted by Crippen LogP contribution is -2.35. The molecule has 2 rings (SSSR count). The summed E-state index contributed by atoms with van der Waals surface area (Å²) in [4.78, 5) is 24.4. The second kappa shape index (κ2) is 10.5. The highest BCUT2D eigenvalue weighted by atomic mass is 16.5. The van der Waals surface area contributed by atoms with Gasteiger partial charge in [0.25, 0.3) is 5.91 Å². The lowest BCUT2D eigenvalue weighted by atomic mass is 10.1. The molecule has 0 saturated heterocycles. The van der Waals surface area contributed by atoms with Crippen LogP contribution in [0.2, 0.25) is 0 Å². The van der Waals surface area contributed by atoms with E-state index in [1.54, 1.807) is 26.2 Å². The predicted molar refractivity (Wildman–Crippen MR) is 106 cm³/mol. The summed E-state index contributed by atoms with van der Waals surface area (Å²) in [6.07, 6.45) is -0.753. The van der Waals surface area contributed by atoms with E-state index in [9.17, 15) is 9.59 Å². The second-order valence-electron chi connectivity index (χ2n) is 6.67. The second-order valence-corrected chi connectivity index (χ2v) is 6.67. The topological polar surface area (TPSA) is 73.9 Å². The molecule has 0 aromatic heterocycles. The molecule has 0 spiro atoms. The molecular weight excluding hydrogens is 358 g/mol. The van der Waals surface area contributed by atoms with Crippen molar-refractivity contribution in [2.75, 3.05) is 7.11 Å². The molecule has 0 saturated carbocycles. The highest BCUT2D eigenvalue weighted by molar-refractivity contribution is 5.92. The summed E-state index contributed by atoms with van der Waals surface area (Å²) < 4.78 is 15.9. The lowest BCUT2D eigenvalue weighted by Gasteiger charge is -2.14.